The molecule has 0 rings (SSSR count). The van der Waals surface area contributed by atoms with Crippen molar-refractivity contribution in [2.75, 3.05) is 13.6 Å². The van der Waals surface area contributed by atoms with Crippen LogP contribution in [0, 0.1) is 22.3 Å². The summed E-state index contributed by atoms with van der Waals surface area (Å²) in [7, 11) is 1.81. The van der Waals surface area contributed by atoms with E-state index in [-0.39, 0.29) is 48.5 Å². The van der Waals surface area contributed by atoms with Gasteiger partial charge in [-0.25, -0.2) is 0 Å². The normalized spacial score (nSPS) is 3.75. The van der Waals surface area contributed by atoms with Gasteiger partial charge in [0.05, 0.1) is 0 Å². The van der Waals surface area contributed by atoms with Crippen molar-refractivity contribution in [3.63, 3.8) is 0 Å². The molecule has 8 heavy (non-hydrogen) atoms. The zero-order chi connectivity index (χ0) is 3.41. The SMILES string of the molecule is CC[N-]C.[CH3-].[CH3-].[CH3-].[Zr+4]. The molecule has 0 aromatic rings. The van der Waals surface area contributed by atoms with Gasteiger partial charge in [-0.15, -0.1) is 0 Å². The number of hydrogen-bond acceptors (Lipinski definition) is 0. The minimum Gasteiger partial charge on any atom is -0.665 e. The van der Waals surface area contributed by atoms with Gasteiger partial charge in [-0.2, -0.15) is 13.6 Å². The van der Waals surface area contributed by atoms with Crippen molar-refractivity contribution < 1.29 is 26.2 Å². The van der Waals surface area contributed by atoms with Gasteiger partial charge in [0.1, 0.15) is 0 Å². The fourth-order valence-electron chi connectivity index (χ4n) is 0. The van der Waals surface area contributed by atoms with Crippen LogP contribution in [0.4, 0.5) is 0 Å². The van der Waals surface area contributed by atoms with Gasteiger partial charge in [-0.3, -0.25) is 0 Å². The predicted molar refractivity (Wildman–Crippen MR) is 39.1 cm³/mol. The van der Waals surface area contributed by atoms with Crippen molar-refractivity contribution in [1.82, 2.24) is 0 Å². The van der Waals surface area contributed by atoms with E-state index in [1.165, 1.54) is 0 Å². The van der Waals surface area contributed by atoms with Gasteiger partial charge >= 0.3 is 26.2 Å². The van der Waals surface area contributed by atoms with Crippen molar-refractivity contribution in [2.24, 2.45) is 0 Å². The summed E-state index contributed by atoms with van der Waals surface area (Å²) in [6.45, 7) is 2.96. The van der Waals surface area contributed by atoms with Gasteiger partial charge in [0.25, 0.3) is 0 Å². The first-order valence-electron chi connectivity index (χ1n) is 1.47. The summed E-state index contributed by atoms with van der Waals surface area (Å²) in [4.78, 5) is 0. The molecule has 0 aliphatic carbocycles. The van der Waals surface area contributed by atoms with Gasteiger partial charge < -0.3 is 27.6 Å². The van der Waals surface area contributed by atoms with E-state index in [9.17, 15) is 0 Å². The molecule has 0 aliphatic heterocycles. The molecule has 0 heterocycles. The minimum absolute atomic E-state index is 0. The minimum atomic E-state index is 0. The molecule has 0 aromatic heterocycles. The molecule has 0 spiro atoms. The molecule has 1 nitrogen and oxygen atoms in total. The van der Waals surface area contributed by atoms with Crippen LogP contribution >= 0.6 is 0 Å². The summed E-state index contributed by atoms with van der Waals surface area (Å²) in [5.74, 6) is 0. The molecule has 0 unspecified atom stereocenters. The Bertz CT molecular complexity index is 10.5. The fourth-order valence-corrected chi connectivity index (χ4v) is 0. The second kappa shape index (κ2) is 45.4. The summed E-state index contributed by atoms with van der Waals surface area (Å²) in [5, 5.41) is 3.74. The average Bonchev–Trinajstić information content (AvgIpc) is 1.37. The largest absolute Gasteiger partial charge is 4.00 e. The number of rotatable bonds is 1. The Labute approximate surface area is 74.4 Å². The Morgan fingerprint density at radius 3 is 1.25 bits per heavy atom. The molecule has 0 fully saturated rings. The van der Waals surface area contributed by atoms with Crippen LogP contribution in [0.1, 0.15) is 6.92 Å². The smallest absolute Gasteiger partial charge is 0.665 e. The van der Waals surface area contributed by atoms with Crippen LogP contribution in [0.2, 0.25) is 0 Å². The summed E-state index contributed by atoms with van der Waals surface area (Å²) in [6.07, 6.45) is 0. The van der Waals surface area contributed by atoms with Gasteiger partial charge in [-0.05, 0) is 0 Å². The standard InChI is InChI=1S/C3H8N.3CH3.Zr/c1-3-4-2;;;;/h3H2,1-2H3;3*1H3;/q4*-1;+4. The molecular weight excluding hydrogens is 177 g/mol. The summed E-state index contributed by atoms with van der Waals surface area (Å²) >= 11 is 0. The molecule has 0 saturated carbocycles. The molecule has 50 valence electrons. The Morgan fingerprint density at radius 2 is 1.25 bits per heavy atom. The van der Waals surface area contributed by atoms with Crippen molar-refractivity contribution in [3.8, 4) is 0 Å². The van der Waals surface area contributed by atoms with E-state index >= 15 is 0 Å². The van der Waals surface area contributed by atoms with Crippen LogP contribution in [0.5, 0.6) is 0 Å². The van der Waals surface area contributed by atoms with Crippen LogP contribution in [0.3, 0.4) is 0 Å². The molecule has 0 aromatic carbocycles. The van der Waals surface area contributed by atoms with E-state index < -0.39 is 0 Å². The summed E-state index contributed by atoms with van der Waals surface area (Å²) in [6, 6.07) is 0. The monoisotopic (exact) mass is 193 g/mol. The van der Waals surface area contributed by atoms with Crippen LogP contribution in [0.25, 0.3) is 5.32 Å². The predicted octanol–water partition coefficient (Wildman–Crippen LogP) is 2.36. The Balaban J connectivity index is -0.00000000750. The second-order valence-corrected chi connectivity index (χ2v) is 0.632. The molecule has 0 N–H and O–H groups in total. The van der Waals surface area contributed by atoms with Crippen molar-refractivity contribution >= 4 is 0 Å². The van der Waals surface area contributed by atoms with Crippen LogP contribution in [0.15, 0.2) is 0 Å². The maximum absolute atomic E-state index is 3.74. The van der Waals surface area contributed by atoms with E-state index in [1.54, 1.807) is 7.05 Å². The van der Waals surface area contributed by atoms with Crippen LogP contribution in [-0.2, 0) is 26.2 Å². The molecule has 2 heteroatoms. The third-order valence-corrected chi connectivity index (χ3v) is 0.316. The molecule has 0 aliphatic rings. The van der Waals surface area contributed by atoms with Gasteiger partial charge in [-0.1, -0.05) is 6.92 Å². The van der Waals surface area contributed by atoms with E-state index in [0.717, 1.165) is 6.54 Å². The second-order valence-electron chi connectivity index (χ2n) is 0.632. The molecule has 0 bridgehead atoms. The van der Waals surface area contributed by atoms with Crippen LogP contribution < -0.4 is 0 Å². The molecule has 0 atom stereocenters. The third-order valence-electron chi connectivity index (χ3n) is 0.316. The molecule has 0 saturated heterocycles. The first-order chi connectivity index (χ1) is 1.91. The van der Waals surface area contributed by atoms with Gasteiger partial charge in [0, 0.05) is 0 Å². The van der Waals surface area contributed by atoms with Gasteiger partial charge in [0.15, 0.2) is 0 Å². The van der Waals surface area contributed by atoms with E-state index in [1.807, 2.05) is 6.92 Å². The topological polar surface area (TPSA) is 14.1 Å². The first-order valence-corrected chi connectivity index (χ1v) is 1.47. The van der Waals surface area contributed by atoms with E-state index in [0.29, 0.717) is 0 Å². The quantitative estimate of drug-likeness (QED) is 0.569. The molecule has 0 radical (unpaired) electrons. The zero-order valence-electron chi connectivity index (χ0n) is 6.65. The fraction of sp³-hybridized carbons (Fsp3) is 0.500. The summed E-state index contributed by atoms with van der Waals surface area (Å²) < 4.78 is 0. The Kier molecular flexibility index (Phi) is 209. The van der Waals surface area contributed by atoms with Gasteiger partial charge in [0.2, 0.25) is 0 Å². The van der Waals surface area contributed by atoms with Crippen LogP contribution in [-0.4, -0.2) is 13.6 Å². The van der Waals surface area contributed by atoms with Crippen molar-refractivity contribution in [3.05, 3.63) is 27.6 Å². The Hall–Kier alpha value is 0.843. The first kappa shape index (κ1) is 36.8. The van der Waals surface area contributed by atoms with Crippen molar-refractivity contribution in [2.45, 2.75) is 6.92 Å². The summed E-state index contributed by atoms with van der Waals surface area (Å²) in [5.41, 5.74) is 0. The van der Waals surface area contributed by atoms with E-state index in [4.69, 9.17) is 0 Å². The van der Waals surface area contributed by atoms with E-state index in [2.05, 4.69) is 5.32 Å². The average molecular weight is 194 g/mol. The maximum Gasteiger partial charge on any atom is 4.00 e. The number of hydrogen-bond donors (Lipinski definition) is 0. The van der Waals surface area contributed by atoms with Crippen molar-refractivity contribution in [1.29, 1.82) is 0 Å². The Morgan fingerprint density at radius 1 is 1.12 bits per heavy atom. The third kappa shape index (κ3) is 68.8. The molecular formula is C6H17NZr. The maximum atomic E-state index is 3.74. The molecule has 0 amide bonds. The zero-order valence-corrected chi connectivity index (χ0v) is 9.11. The number of nitrogens with zero attached hydrogens (tertiary/aromatic N) is 1.